The summed E-state index contributed by atoms with van der Waals surface area (Å²) in [6.45, 7) is 11.7. The van der Waals surface area contributed by atoms with E-state index in [2.05, 4.69) is 11.9 Å². The highest BCUT2D eigenvalue weighted by Gasteiger charge is 2.48. The summed E-state index contributed by atoms with van der Waals surface area (Å²) in [6, 6.07) is 4.83. The SMILES string of the molecule is C=C1C=CC(=O)N1CCCCCC(=O)C[C@@H](C)C(=O)NCCCCc1cc(O[C@@H]2O[C@H](C(=O)O)[C@@H](O)[C@H](O)[C@H]2O)ccc1COC(=O)C(C)(C)C. The lowest BCUT2D eigenvalue weighted by Crippen LogP contribution is -2.61. The van der Waals surface area contributed by atoms with Crippen LogP contribution in [0.1, 0.15) is 83.8 Å². The number of unbranched alkanes of at least 4 members (excludes halogenated alkanes) is 3. The highest BCUT2D eigenvalue weighted by atomic mass is 16.7. The Kier molecular flexibility index (Phi) is 15.3. The summed E-state index contributed by atoms with van der Waals surface area (Å²) in [5.74, 6) is -2.50. The Balaban J connectivity index is 1.48. The maximum atomic E-state index is 12.7. The monoisotopic (exact) mass is 716 g/mol. The maximum Gasteiger partial charge on any atom is 0.335 e. The van der Waals surface area contributed by atoms with E-state index in [0.717, 1.165) is 18.4 Å². The summed E-state index contributed by atoms with van der Waals surface area (Å²) >= 11 is 0. The standard InChI is InChI=1S/C37H52N2O12/c1-22(19-26(40)12-7-6-10-18-39-23(2)13-16-28(39)41)33(45)38-17-9-8-11-24-20-27(15-14-25(24)21-49-36(48)37(3,4)5)50-35-31(44)29(42)30(43)32(51-35)34(46)47/h13-16,20,22,29-32,35,42-44H,2,6-12,17-19,21H2,1,3-5H3,(H,38,45)(H,46,47)/t22-,29+,30+,31-,32+,35-/m1/s1. The van der Waals surface area contributed by atoms with E-state index in [-0.39, 0.29) is 36.4 Å². The minimum atomic E-state index is -1.86. The fourth-order valence-corrected chi connectivity index (χ4v) is 5.57. The number of aliphatic hydroxyl groups is 3. The highest BCUT2D eigenvalue weighted by Crippen LogP contribution is 2.28. The number of ketones is 1. The van der Waals surface area contributed by atoms with Crippen molar-refractivity contribution in [2.75, 3.05) is 13.1 Å². The van der Waals surface area contributed by atoms with Crippen LogP contribution in [0.5, 0.6) is 5.75 Å². The van der Waals surface area contributed by atoms with Crippen LogP contribution in [0.2, 0.25) is 0 Å². The molecule has 1 aromatic carbocycles. The van der Waals surface area contributed by atoms with Crippen molar-refractivity contribution in [2.45, 2.75) is 116 Å². The lowest BCUT2D eigenvalue weighted by molar-refractivity contribution is -0.271. The third-order valence-electron chi connectivity index (χ3n) is 8.74. The van der Waals surface area contributed by atoms with Crippen molar-refractivity contribution in [3.63, 3.8) is 0 Å². The number of hydrogen-bond acceptors (Lipinski definition) is 11. The second-order valence-corrected chi connectivity index (χ2v) is 14.1. The van der Waals surface area contributed by atoms with Gasteiger partial charge in [-0.15, -0.1) is 0 Å². The van der Waals surface area contributed by atoms with Crippen molar-refractivity contribution < 1.29 is 58.6 Å². The van der Waals surface area contributed by atoms with Crippen molar-refractivity contribution >= 4 is 29.5 Å². The molecule has 1 aromatic rings. The fraction of sp³-hybridized carbons (Fsp3) is 0.595. The van der Waals surface area contributed by atoms with E-state index in [1.165, 1.54) is 12.1 Å². The summed E-state index contributed by atoms with van der Waals surface area (Å²) in [4.78, 5) is 62.4. The van der Waals surface area contributed by atoms with Crippen LogP contribution in [0, 0.1) is 11.3 Å². The molecule has 0 bridgehead atoms. The average molecular weight is 717 g/mol. The van der Waals surface area contributed by atoms with Crippen LogP contribution < -0.4 is 10.1 Å². The molecule has 5 N–H and O–H groups in total. The molecule has 14 heteroatoms. The number of carbonyl (C=O) groups is 5. The fourth-order valence-electron chi connectivity index (χ4n) is 5.57. The zero-order valence-corrected chi connectivity index (χ0v) is 29.8. The number of aliphatic hydroxyl groups excluding tert-OH is 3. The number of rotatable bonds is 19. The van der Waals surface area contributed by atoms with Crippen molar-refractivity contribution in [1.29, 1.82) is 0 Å². The van der Waals surface area contributed by atoms with Crippen LogP contribution in [-0.4, -0.2) is 98.7 Å². The topological polar surface area (TPSA) is 209 Å². The molecular formula is C37H52N2O12. The second kappa shape index (κ2) is 18.9. The number of nitrogens with one attached hydrogen (secondary N) is 1. The van der Waals surface area contributed by atoms with Crippen LogP contribution >= 0.6 is 0 Å². The smallest absolute Gasteiger partial charge is 0.335 e. The van der Waals surface area contributed by atoms with Gasteiger partial charge in [-0.2, -0.15) is 0 Å². The Morgan fingerprint density at radius 2 is 1.71 bits per heavy atom. The van der Waals surface area contributed by atoms with E-state index in [9.17, 15) is 44.4 Å². The Bertz CT molecular complexity index is 1430. The van der Waals surface area contributed by atoms with Crippen molar-refractivity contribution in [3.8, 4) is 5.75 Å². The molecule has 2 amide bonds. The molecule has 0 radical (unpaired) electrons. The number of benzene rings is 1. The molecule has 3 rings (SSSR count). The Hall–Kier alpha value is -4.11. The molecule has 282 valence electrons. The van der Waals surface area contributed by atoms with E-state index in [1.807, 2.05) is 0 Å². The molecule has 51 heavy (non-hydrogen) atoms. The van der Waals surface area contributed by atoms with E-state index in [1.54, 1.807) is 50.8 Å². The first kappa shape index (κ1) is 41.3. The van der Waals surface area contributed by atoms with E-state index >= 15 is 0 Å². The number of ether oxygens (including phenoxy) is 3. The van der Waals surface area contributed by atoms with Crippen LogP contribution in [0.4, 0.5) is 0 Å². The summed E-state index contributed by atoms with van der Waals surface area (Å²) in [5, 5.41) is 42.7. The quantitative estimate of drug-likeness (QED) is 0.103. The minimum absolute atomic E-state index is 0.0121. The van der Waals surface area contributed by atoms with Gasteiger partial charge in [0, 0.05) is 43.6 Å². The van der Waals surface area contributed by atoms with Gasteiger partial charge >= 0.3 is 11.9 Å². The number of aliphatic carboxylic acids is 1. The first-order valence-corrected chi connectivity index (χ1v) is 17.4. The van der Waals surface area contributed by atoms with E-state index in [0.29, 0.717) is 56.5 Å². The predicted octanol–water partition coefficient (Wildman–Crippen LogP) is 2.55. The normalized spacial score (nSPS) is 22.5. The number of Topliss-reactive ketones (excluding diaryl/α,β-unsaturated/α-hetero) is 1. The van der Waals surface area contributed by atoms with Gasteiger partial charge in [0.15, 0.2) is 6.10 Å². The molecule has 0 aliphatic carbocycles. The largest absolute Gasteiger partial charge is 0.479 e. The third-order valence-corrected chi connectivity index (χ3v) is 8.74. The molecule has 2 aliphatic rings. The third kappa shape index (κ3) is 12.3. The van der Waals surface area contributed by atoms with Gasteiger partial charge in [0.25, 0.3) is 5.91 Å². The number of aryl methyl sites for hydroxylation is 1. The number of amides is 2. The first-order valence-electron chi connectivity index (χ1n) is 17.4. The zero-order valence-electron chi connectivity index (χ0n) is 29.8. The summed E-state index contributed by atoms with van der Waals surface area (Å²) < 4.78 is 16.5. The van der Waals surface area contributed by atoms with Crippen LogP contribution in [-0.2, 0) is 46.5 Å². The minimum Gasteiger partial charge on any atom is -0.479 e. The van der Waals surface area contributed by atoms with Crippen molar-refractivity contribution in [1.82, 2.24) is 10.2 Å². The van der Waals surface area contributed by atoms with Crippen molar-refractivity contribution in [3.05, 3.63) is 53.8 Å². The molecule has 2 heterocycles. The van der Waals surface area contributed by atoms with Gasteiger partial charge in [-0.3, -0.25) is 19.2 Å². The lowest BCUT2D eigenvalue weighted by Gasteiger charge is -2.38. The molecule has 14 nitrogen and oxygen atoms in total. The van der Waals surface area contributed by atoms with Gasteiger partial charge < -0.3 is 44.9 Å². The Labute approximate surface area is 298 Å². The number of hydrogen-bond donors (Lipinski definition) is 5. The Morgan fingerprint density at radius 1 is 0.980 bits per heavy atom. The molecule has 1 saturated heterocycles. The highest BCUT2D eigenvalue weighted by molar-refractivity contribution is 5.93. The molecule has 0 spiro atoms. The molecular weight excluding hydrogens is 664 g/mol. The van der Waals surface area contributed by atoms with Crippen LogP contribution in [0.25, 0.3) is 0 Å². The number of esters is 1. The van der Waals surface area contributed by atoms with Crippen molar-refractivity contribution in [2.24, 2.45) is 11.3 Å². The number of nitrogens with zero attached hydrogens (tertiary/aromatic N) is 1. The van der Waals surface area contributed by atoms with E-state index < -0.39 is 54.0 Å². The predicted molar refractivity (Wildman–Crippen MR) is 184 cm³/mol. The van der Waals surface area contributed by atoms with Gasteiger partial charge in [-0.25, -0.2) is 4.79 Å². The number of carboxylic acid groups (broad SMARTS) is 1. The lowest BCUT2D eigenvalue weighted by atomic mass is 9.97. The summed E-state index contributed by atoms with van der Waals surface area (Å²) in [6.07, 6.45) is -1.22. The molecule has 2 aliphatic heterocycles. The summed E-state index contributed by atoms with van der Waals surface area (Å²) in [5.41, 5.74) is 1.38. The first-order chi connectivity index (χ1) is 24.0. The summed E-state index contributed by atoms with van der Waals surface area (Å²) in [7, 11) is 0. The van der Waals surface area contributed by atoms with Crippen LogP contribution in [0.15, 0.2) is 42.6 Å². The Morgan fingerprint density at radius 3 is 2.35 bits per heavy atom. The number of carbonyl (C=O) groups excluding carboxylic acids is 4. The van der Waals surface area contributed by atoms with Crippen LogP contribution in [0.3, 0.4) is 0 Å². The molecule has 0 aromatic heterocycles. The van der Waals surface area contributed by atoms with Gasteiger partial charge in [-0.05, 0) is 82.2 Å². The van der Waals surface area contributed by atoms with E-state index in [4.69, 9.17) is 14.2 Å². The second-order valence-electron chi connectivity index (χ2n) is 14.1. The number of carboxylic acids is 1. The number of allylic oxidation sites excluding steroid dienone is 1. The zero-order chi connectivity index (χ0) is 37.9. The average Bonchev–Trinajstić information content (AvgIpc) is 3.39. The molecule has 0 unspecified atom stereocenters. The molecule has 6 atom stereocenters. The van der Waals surface area contributed by atoms with Gasteiger partial charge in [0.1, 0.15) is 36.5 Å². The van der Waals surface area contributed by atoms with Gasteiger partial charge in [0.2, 0.25) is 12.2 Å². The molecule has 1 fully saturated rings. The molecule has 0 saturated carbocycles. The maximum absolute atomic E-state index is 12.7. The van der Waals surface area contributed by atoms with Gasteiger partial charge in [0.05, 0.1) is 5.41 Å². The van der Waals surface area contributed by atoms with Gasteiger partial charge in [-0.1, -0.05) is 26.0 Å².